The largest absolute Gasteiger partial charge is 0.295 e. The highest BCUT2D eigenvalue weighted by atomic mass is 32.1. The molecule has 1 atom stereocenters. The third-order valence-corrected chi connectivity index (χ3v) is 4.14. The van der Waals surface area contributed by atoms with E-state index in [2.05, 4.69) is 45.0 Å². The zero-order chi connectivity index (χ0) is 12.5. The number of hydrogen-bond acceptors (Lipinski definition) is 4. The molecule has 0 amide bonds. The van der Waals surface area contributed by atoms with Gasteiger partial charge in [0.05, 0.1) is 22.9 Å². The van der Waals surface area contributed by atoms with Gasteiger partial charge in [0.2, 0.25) is 0 Å². The smallest absolute Gasteiger partial charge is 0.0795 e. The van der Waals surface area contributed by atoms with Crippen molar-refractivity contribution in [2.45, 2.75) is 32.9 Å². The summed E-state index contributed by atoms with van der Waals surface area (Å²) in [6, 6.07) is 2.68. The molecule has 3 heterocycles. The van der Waals surface area contributed by atoms with Crippen molar-refractivity contribution in [2.75, 3.05) is 13.1 Å². The van der Waals surface area contributed by atoms with Gasteiger partial charge in [-0.2, -0.15) is 5.10 Å². The van der Waals surface area contributed by atoms with Crippen LogP contribution in [0.25, 0.3) is 0 Å². The Morgan fingerprint density at radius 3 is 3.00 bits per heavy atom. The fourth-order valence-corrected chi connectivity index (χ4v) is 3.27. The van der Waals surface area contributed by atoms with Crippen LogP contribution >= 0.6 is 11.3 Å². The molecular weight excluding hydrogens is 244 g/mol. The maximum Gasteiger partial charge on any atom is 0.0795 e. The third-order valence-electron chi connectivity index (χ3n) is 3.51. The SMILES string of the molecule is Cc1cc(C)n(C2CCN(Cc3cscn3)C2)n1. The van der Waals surface area contributed by atoms with E-state index in [1.54, 1.807) is 11.3 Å². The Morgan fingerprint density at radius 2 is 2.33 bits per heavy atom. The van der Waals surface area contributed by atoms with Crippen LogP contribution < -0.4 is 0 Å². The van der Waals surface area contributed by atoms with Gasteiger partial charge in [-0.05, 0) is 26.3 Å². The number of likely N-dealkylation sites (tertiary alicyclic amines) is 1. The molecule has 0 aliphatic carbocycles. The van der Waals surface area contributed by atoms with E-state index >= 15 is 0 Å². The lowest BCUT2D eigenvalue weighted by Crippen LogP contribution is -2.22. The van der Waals surface area contributed by atoms with Gasteiger partial charge in [-0.1, -0.05) is 0 Å². The van der Waals surface area contributed by atoms with Crippen LogP contribution in [-0.2, 0) is 6.54 Å². The van der Waals surface area contributed by atoms with Gasteiger partial charge in [-0.3, -0.25) is 9.58 Å². The number of thiazole rings is 1. The van der Waals surface area contributed by atoms with Crippen LogP contribution in [0.1, 0.15) is 29.5 Å². The minimum atomic E-state index is 0.525. The molecule has 5 heteroatoms. The van der Waals surface area contributed by atoms with E-state index < -0.39 is 0 Å². The fourth-order valence-electron chi connectivity index (χ4n) is 2.72. The van der Waals surface area contributed by atoms with E-state index in [-0.39, 0.29) is 0 Å². The second-order valence-corrected chi connectivity index (χ2v) is 5.75. The summed E-state index contributed by atoms with van der Waals surface area (Å²) in [5.74, 6) is 0. The van der Waals surface area contributed by atoms with Crippen molar-refractivity contribution in [1.29, 1.82) is 0 Å². The first kappa shape index (κ1) is 11.9. The van der Waals surface area contributed by atoms with Crippen LogP contribution in [-0.4, -0.2) is 32.8 Å². The molecule has 1 saturated heterocycles. The van der Waals surface area contributed by atoms with Gasteiger partial charge in [0, 0.05) is 30.7 Å². The van der Waals surface area contributed by atoms with Crippen LogP contribution in [0, 0.1) is 13.8 Å². The van der Waals surface area contributed by atoms with Crippen molar-refractivity contribution >= 4 is 11.3 Å². The first-order chi connectivity index (χ1) is 8.72. The van der Waals surface area contributed by atoms with Crippen molar-refractivity contribution in [3.8, 4) is 0 Å². The zero-order valence-electron chi connectivity index (χ0n) is 10.8. The molecule has 3 rings (SSSR count). The molecule has 0 saturated carbocycles. The maximum atomic E-state index is 4.60. The fraction of sp³-hybridized carbons (Fsp3) is 0.538. The number of hydrogen-bond donors (Lipinski definition) is 0. The van der Waals surface area contributed by atoms with E-state index in [4.69, 9.17) is 0 Å². The number of aromatic nitrogens is 3. The van der Waals surface area contributed by atoms with Crippen molar-refractivity contribution in [1.82, 2.24) is 19.7 Å². The monoisotopic (exact) mass is 262 g/mol. The summed E-state index contributed by atoms with van der Waals surface area (Å²) in [5, 5.41) is 6.74. The molecule has 1 unspecified atom stereocenters. The van der Waals surface area contributed by atoms with Crippen molar-refractivity contribution in [2.24, 2.45) is 0 Å². The Kier molecular flexibility index (Phi) is 3.18. The van der Waals surface area contributed by atoms with Crippen LogP contribution in [0.5, 0.6) is 0 Å². The summed E-state index contributed by atoms with van der Waals surface area (Å²) < 4.78 is 2.19. The van der Waals surface area contributed by atoms with Gasteiger partial charge >= 0.3 is 0 Å². The standard InChI is InChI=1S/C13H18N4S/c1-10-5-11(2)17(15-10)13-3-4-16(7-13)6-12-8-18-9-14-12/h5,8-9,13H,3-4,6-7H2,1-2H3. The van der Waals surface area contributed by atoms with Gasteiger partial charge in [0.15, 0.2) is 0 Å². The quantitative estimate of drug-likeness (QED) is 0.852. The summed E-state index contributed by atoms with van der Waals surface area (Å²) in [6.45, 7) is 7.40. The lowest BCUT2D eigenvalue weighted by molar-refractivity contribution is 0.307. The Morgan fingerprint density at radius 1 is 1.44 bits per heavy atom. The summed E-state index contributed by atoms with van der Waals surface area (Å²) in [4.78, 5) is 6.82. The highest BCUT2D eigenvalue weighted by Crippen LogP contribution is 2.24. The summed E-state index contributed by atoms with van der Waals surface area (Å²) in [6.07, 6.45) is 1.19. The predicted molar refractivity (Wildman–Crippen MR) is 72.7 cm³/mol. The van der Waals surface area contributed by atoms with E-state index in [1.165, 1.54) is 17.8 Å². The molecule has 0 N–H and O–H groups in total. The van der Waals surface area contributed by atoms with Crippen molar-refractivity contribution in [3.05, 3.63) is 34.0 Å². The van der Waals surface area contributed by atoms with Crippen LogP contribution in [0.4, 0.5) is 0 Å². The minimum Gasteiger partial charge on any atom is -0.295 e. The molecule has 2 aromatic rings. The molecule has 1 fully saturated rings. The molecule has 0 bridgehead atoms. The third kappa shape index (κ3) is 2.33. The second-order valence-electron chi connectivity index (χ2n) is 5.03. The van der Waals surface area contributed by atoms with Gasteiger partial charge in [0.25, 0.3) is 0 Å². The maximum absolute atomic E-state index is 4.60. The number of rotatable bonds is 3. The highest BCUT2D eigenvalue weighted by Gasteiger charge is 2.25. The van der Waals surface area contributed by atoms with E-state index in [9.17, 15) is 0 Å². The normalized spacial score (nSPS) is 20.7. The van der Waals surface area contributed by atoms with Gasteiger partial charge in [-0.25, -0.2) is 4.98 Å². The molecule has 0 spiro atoms. The number of nitrogens with zero attached hydrogens (tertiary/aromatic N) is 4. The lowest BCUT2D eigenvalue weighted by atomic mass is 10.2. The molecule has 18 heavy (non-hydrogen) atoms. The van der Waals surface area contributed by atoms with Gasteiger partial charge in [0.1, 0.15) is 0 Å². The first-order valence-corrected chi connectivity index (χ1v) is 7.29. The molecular formula is C13H18N4S. The van der Waals surface area contributed by atoms with Crippen LogP contribution in [0.2, 0.25) is 0 Å². The van der Waals surface area contributed by atoms with E-state index in [1.807, 2.05) is 5.51 Å². The topological polar surface area (TPSA) is 34.0 Å². The van der Waals surface area contributed by atoms with E-state index in [0.29, 0.717) is 6.04 Å². The van der Waals surface area contributed by atoms with Crippen LogP contribution in [0.15, 0.2) is 17.0 Å². The summed E-state index contributed by atoms with van der Waals surface area (Å²) in [7, 11) is 0. The van der Waals surface area contributed by atoms with E-state index in [0.717, 1.165) is 25.3 Å². The Hall–Kier alpha value is -1.20. The predicted octanol–water partition coefficient (Wildman–Crippen LogP) is 2.40. The van der Waals surface area contributed by atoms with Crippen molar-refractivity contribution in [3.63, 3.8) is 0 Å². The van der Waals surface area contributed by atoms with Gasteiger partial charge < -0.3 is 0 Å². The molecule has 96 valence electrons. The zero-order valence-corrected chi connectivity index (χ0v) is 11.7. The second kappa shape index (κ2) is 4.82. The molecule has 1 aliphatic rings. The Labute approximate surface area is 111 Å². The Balaban J connectivity index is 1.66. The molecule has 4 nitrogen and oxygen atoms in total. The highest BCUT2D eigenvalue weighted by molar-refractivity contribution is 7.07. The average Bonchev–Trinajstić information content (AvgIpc) is 3.01. The summed E-state index contributed by atoms with van der Waals surface area (Å²) >= 11 is 1.67. The first-order valence-electron chi connectivity index (χ1n) is 6.34. The molecule has 1 aliphatic heterocycles. The van der Waals surface area contributed by atoms with Crippen molar-refractivity contribution < 1.29 is 0 Å². The average molecular weight is 262 g/mol. The Bertz CT molecular complexity index is 517. The minimum absolute atomic E-state index is 0.525. The number of aryl methyl sites for hydroxylation is 2. The van der Waals surface area contributed by atoms with Gasteiger partial charge in [-0.15, -0.1) is 11.3 Å². The summed E-state index contributed by atoms with van der Waals surface area (Å²) in [5.41, 5.74) is 5.48. The molecule has 0 aromatic carbocycles. The molecule has 2 aromatic heterocycles. The lowest BCUT2D eigenvalue weighted by Gasteiger charge is -2.15. The van der Waals surface area contributed by atoms with Crippen LogP contribution in [0.3, 0.4) is 0 Å². The molecule has 0 radical (unpaired) electrons.